The number of alkyl carbamates (subject to hydrolysis) is 1. The maximum Gasteiger partial charge on any atom is 0.407 e. The molecule has 232 valence electrons. The summed E-state index contributed by atoms with van der Waals surface area (Å²) in [5.74, 6) is 1.05. The van der Waals surface area contributed by atoms with Gasteiger partial charge in [-0.15, -0.1) is 0 Å². The van der Waals surface area contributed by atoms with Gasteiger partial charge in [0.25, 0.3) is 0 Å². The molecular formula is C32H49N5O4S. The zero-order valence-corrected chi connectivity index (χ0v) is 26.8. The number of benzene rings is 1. The first-order chi connectivity index (χ1) is 20.1. The number of unbranched alkanes of at least 4 members (excludes halogenated alkanes) is 7. The topological polar surface area (TPSA) is 117 Å². The van der Waals surface area contributed by atoms with Crippen LogP contribution >= 0.6 is 0 Å². The van der Waals surface area contributed by atoms with Gasteiger partial charge in [0.15, 0.2) is 0 Å². The number of fused-ring (bicyclic) bond motifs is 1. The Kier molecular flexibility index (Phi) is 13.3. The molecule has 10 heteroatoms. The summed E-state index contributed by atoms with van der Waals surface area (Å²) in [5, 5.41) is 2.81. The zero-order chi connectivity index (χ0) is 30.5. The van der Waals surface area contributed by atoms with Gasteiger partial charge >= 0.3 is 6.09 Å². The smallest absolute Gasteiger partial charge is 0.407 e. The van der Waals surface area contributed by atoms with Gasteiger partial charge < -0.3 is 15.0 Å². The average molecular weight is 600 g/mol. The summed E-state index contributed by atoms with van der Waals surface area (Å²) in [4.78, 5) is 24.8. The number of hydrogen-bond donors (Lipinski definition) is 2. The van der Waals surface area contributed by atoms with E-state index in [2.05, 4.69) is 27.2 Å². The number of rotatable bonds is 18. The summed E-state index contributed by atoms with van der Waals surface area (Å²) >= 11 is 0. The SMILES string of the molecule is CCCCCCCCCCNC(=O)OC[C@H](CC(C)C)N(C)S(=O)(=O)c1ccc(Cc2nccc3[nH]c(C)nc23)cc1. The zero-order valence-electron chi connectivity index (χ0n) is 26.0. The monoisotopic (exact) mass is 599 g/mol. The molecule has 2 aromatic heterocycles. The van der Waals surface area contributed by atoms with E-state index in [1.54, 1.807) is 25.4 Å². The lowest BCUT2D eigenvalue weighted by molar-refractivity contribution is 0.115. The van der Waals surface area contributed by atoms with Crippen LogP contribution in [0.5, 0.6) is 0 Å². The number of nitrogens with zero attached hydrogens (tertiary/aromatic N) is 3. The van der Waals surface area contributed by atoms with Gasteiger partial charge in [-0.1, -0.05) is 77.8 Å². The van der Waals surface area contributed by atoms with Gasteiger partial charge in [0.2, 0.25) is 10.0 Å². The van der Waals surface area contributed by atoms with Crippen molar-refractivity contribution >= 4 is 27.1 Å². The molecule has 0 unspecified atom stereocenters. The van der Waals surface area contributed by atoms with Gasteiger partial charge in [-0.25, -0.2) is 18.2 Å². The molecule has 2 heterocycles. The highest BCUT2D eigenvalue weighted by Gasteiger charge is 2.29. The lowest BCUT2D eigenvalue weighted by atomic mass is 10.0. The number of hydrogen-bond acceptors (Lipinski definition) is 6. The number of amides is 1. The second-order valence-corrected chi connectivity index (χ2v) is 13.6. The van der Waals surface area contributed by atoms with E-state index in [4.69, 9.17) is 4.74 Å². The molecule has 42 heavy (non-hydrogen) atoms. The number of ether oxygens (including phenoxy) is 1. The van der Waals surface area contributed by atoms with Gasteiger partial charge in [0.1, 0.15) is 17.9 Å². The number of aryl methyl sites for hydroxylation is 1. The fourth-order valence-corrected chi connectivity index (χ4v) is 6.47. The van der Waals surface area contributed by atoms with Crippen LogP contribution in [0.4, 0.5) is 4.79 Å². The second-order valence-electron chi connectivity index (χ2n) is 11.6. The van der Waals surface area contributed by atoms with Crippen molar-refractivity contribution in [3.8, 4) is 0 Å². The first-order valence-electron chi connectivity index (χ1n) is 15.4. The van der Waals surface area contributed by atoms with Crippen LogP contribution in [0, 0.1) is 12.8 Å². The number of carbonyl (C=O) groups excluding carboxylic acids is 1. The molecule has 0 aliphatic heterocycles. The van der Waals surface area contributed by atoms with Crippen LogP contribution in [0.1, 0.15) is 95.6 Å². The first-order valence-corrected chi connectivity index (χ1v) is 16.8. The third-order valence-corrected chi connectivity index (χ3v) is 9.46. The fraction of sp³-hybridized carbons (Fsp3) is 0.594. The molecule has 0 radical (unpaired) electrons. The number of nitrogens with one attached hydrogen (secondary N) is 2. The van der Waals surface area contributed by atoms with Crippen molar-refractivity contribution in [2.24, 2.45) is 5.92 Å². The lowest BCUT2D eigenvalue weighted by Gasteiger charge is -2.28. The Morgan fingerprint density at radius 3 is 2.36 bits per heavy atom. The predicted molar refractivity (Wildman–Crippen MR) is 168 cm³/mol. The summed E-state index contributed by atoms with van der Waals surface area (Å²) in [6.45, 7) is 8.74. The van der Waals surface area contributed by atoms with Crippen molar-refractivity contribution in [1.82, 2.24) is 24.6 Å². The minimum atomic E-state index is -3.80. The molecule has 9 nitrogen and oxygen atoms in total. The van der Waals surface area contributed by atoms with Gasteiger partial charge in [0.05, 0.1) is 22.1 Å². The number of carbonyl (C=O) groups is 1. The summed E-state index contributed by atoms with van der Waals surface area (Å²) < 4.78 is 33.9. The number of aromatic nitrogens is 3. The molecule has 0 spiro atoms. The Labute approximate surface area is 251 Å². The third-order valence-electron chi connectivity index (χ3n) is 7.53. The van der Waals surface area contributed by atoms with Crippen LogP contribution in [0.2, 0.25) is 0 Å². The van der Waals surface area contributed by atoms with E-state index in [0.29, 0.717) is 19.4 Å². The first kappa shape index (κ1) is 33.5. The molecule has 1 aromatic carbocycles. The number of sulfonamides is 1. The Bertz CT molecular complexity index is 1350. The lowest BCUT2D eigenvalue weighted by Crippen LogP contribution is -2.42. The predicted octanol–water partition coefficient (Wildman–Crippen LogP) is 6.76. The van der Waals surface area contributed by atoms with E-state index in [1.807, 2.05) is 39.0 Å². The quantitative estimate of drug-likeness (QED) is 0.156. The molecule has 2 N–H and O–H groups in total. The fourth-order valence-electron chi connectivity index (χ4n) is 5.12. The van der Waals surface area contributed by atoms with E-state index in [-0.39, 0.29) is 17.4 Å². The summed E-state index contributed by atoms with van der Waals surface area (Å²) in [5.41, 5.74) is 3.52. The molecule has 0 fully saturated rings. The van der Waals surface area contributed by atoms with Crippen LogP contribution in [0.15, 0.2) is 41.4 Å². The Morgan fingerprint density at radius 2 is 1.69 bits per heavy atom. The number of imidazole rings is 1. The van der Waals surface area contributed by atoms with E-state index in [9.17, 15) is 13.2 Å². The van der Waals surface area contributed by atoms with Crippen molar-refractivity contribution in [3.63, 3.8) is 0 Å². The second kappa shape index (κ2) is 16.6. The van der Waals surface area contributed by atoms with Gasteiger partial charge in [-0.05, 0) is 49.4 Å². The molecule has 3 aromatic rings. The molecular weight excluding hydrogens is 550 g/mol. The minimum absolute atomic E-state index is 0.00594. The average Bonchev–Trinajstić information content (AvgIpc) is 3.35. The molecule has 3 rings (SSSR count). The van der Waals surface area contributed by atoms with Crippen molar-refractivity contribution in [3.05, 3.63) is 53.6 Å². The van der Waals surface area contributed by atoms with Gasteiger partial charge in [0, 0.05) is 26.2 Å². The summed E-state index contributed by atoms with van der Waals surface area (Å²) in [6.07, 6.45) is 11.9. The number of H-pyrrole nitrogens is 1. The molecule has 0 saturated heterocycles. The molecule has 0 aliphatic rings. The number of aromatic amines is 1. The van der Waals surface area contributed by atoms with Crippen LogP contribution in [0.25, 0.3) is 11.0 Å². The molecule has 0 bridgehead atoms. The molecule has 0 saturated carbocycles. The number of pyridine rings is 1. The maximum absolute atomic E-state index is 13.5. The van der Waals surface area contributed by atoms with Crippen LogP contribution in [-0.4, -0.2) is 60.0 Å². The van der Waals surface area contributed by atoms with E-state index < -0.39 is 22.2 Å². The molecule has 1 amide bonds. The normalized spacial score (nSPS) is 12.7. The van der Waals surface area contributed by atoms with Crippen molar-refractivity contribution in [2.75, 3.05) is 20.2 Å². The highest BCUT2D eigenvalue weighted by atomic mass is 32.2. The van der Waals surface area contributed by atoms with Crippen molar-refractivity contribution in [2.45, 2.75) is 103 Å². The third kappa shape index (κ3) is 10.1. The minimum Gasteiger partial charge on any atom is -0.448 e. The van der Waals surface area contributed by atoms with Crippen molar-refractivity contribution < 1.29 is 17.9 Å². The summed E-state index contributed by atoms with van der Waals surface area (Å²) in [6, 6.07) is 8.29. The Morgan fingerprint density at radius 1 is 1.02 bits per heavy atom. The van der Waals surface area contributed by atoms with Crippen LogP contribution in [-0.2, 0) is 21.2 Å². The van der Waals surface area contributed by atoms with Crippen LogP contribution in [0.3, 0.4) is 0 Å². The highest BCUT2D eigenvalue weighted by molar-refractivity contribution is 7.89. The van der Waals surface area contributed by atoms with E-state index in [0.717, 1.165) is 41.0 Å². The highest BCUT2D eigenvalue weighted by Crippen LogP contribution is 2.23. The van der Waals surface area contributed by atoms with Crippen LogP contribution < -0.4 is 5.32 Å². The van der Waals surface area contributed by atoms with Gasteiger partial charge in [-0.2, -0.15) is 4.31 Å². The molecule has 0 aliphatic carbocycles. The summed E-state index contributed by atoms with van der Waals surface area (Å²) in [7, 11) is -2.24. The number of likely N-dealkylation sites (N-methyl/N-ethyl adjacent to an activating group) is 1. The van der Waals surface area contributed by atoms with Gasteiger partial charge in [-0.3, -0.25) is 4.98 Å². The largest absolute Gasteiger partial charge is 0.448 e. The maximum atomic E-state index is 13.5. The Hall–Kier alpha value is -2.98. The standard InChI is InChI=1S/C32H49N5O4S/c1-6-7-8-9-10-11-12-13-19-34-32(38)41-23-27(21-24(2)3)37(5)42(39,40)28-16-14-26(15-17-28)22-30-31-29(18-20-33-30)35-25(4)36-31/h14-18,20,24,27H,6-13,19,21-23H2,1-5H3,(H,34,38)(H,35,36)/t27-/m0/s1. The van der Waals surface area contributed by atoms with E-state index >= 15 is 0 Å². The Balaban J connectivity index is 1.53. The van der Waals surface area contributed by atoms with E-state index in [1.165, 1.54) is 42.8 Å². The molecule has 1 atom stereocenters. The van der Waals surface area contributed by atoms with Crippen molar-refractivity contribution in [1.29, 1.82) is 0 Å².